The molecule has 1 amide bonds. The molecule has 1 aliphatic carbocycles. The predicted octanol–water partition coefficient (Wildman–Crippen LogP) is 2.69. The summed E-state index contributed by atoms with van der Waals surface area (Å²) in [5, 5.41) is 7.12. The van der Waals surface area contributed by atoms with E-state index in [0.717, 1.165) is 6.42 Å². The molecule has 1 aliphatic rings. The van der Waals surface area contributed by atoms with E-state index in [0.29, 0.717) is 5.92 Å². The van der Waals surface area contributed by atoms with Crippen LogP contribution in [0.25, 0.3) is 10.4 Å². The van der Waals surface area contributed by atoms with Crippen LogP contribution in [0.15, 0.2) is 21.9 Å². The number of carbonyl (C=O) groups excluding carboxylic acids is 1. The quantitative estimate of drug-likeness (QED) is 0.404. The normalized spacial score (nSPS) is 24.9. The number of azide groups is 1. The number of hydrogen-bond donors (Lipinski definition) is 0. The van der Waals surface area contributed by atoms with Crippen molar-refractivity contribution in [2.24, 2.45) is 11.0 Å². The van der Waals surface area contributed by atoms with Crippen LogP contribution in [0.2, 0.25) is 0 Å². The van der Waals surface area contributed by atoms with E-state index in [9.17, 15) is 4.79 Å². The van der Waals surface area contributed by atoms with Gasteiger partial charge in [0.15, 0.2) is 0 Å². The average Bonchev–Trinajstić information content (AvgIpc) is 2.74. The molecule has 0 N–H and O–H groups in total. The molecule has 1 fully saturated rings. The van der Waals surface area contributed by atoms with Crippen LogP contribution in [0.3, 0.4) is 0 Å². The molecule has 1 saturated carbocycles. The Kier molecular flexibility index (Phi) is 2.04. The van der Waals surface area contributed by atoms with Crippen molar-refractivity contribution in [3.05, 3.63) is 32.8 Å². The van der Waals surface area contributed by atoms with Gasteiger partial charge >= 0.3 is 0 Å². The van der Waals surface area contributed by atoms with Crippen molar-refractivity contribution >= 4 is 17.2 Å². The zero-order valence-corrected chi connectivity index (χ0v) is 7.57. The van der Waals surface area contributed by atoms with Crippen LogP contribution >= 0.6 is 11.3 Å². The van der Waals surface area contributed by atoms with Gasteiger partial charge in [0.05, 0.1) is 0 Å². The molecule has 4 nitrogen and oxygen atoms in total. The first-order chi connectivity index (χ1) is 6.33. The third kappa shape index (κ3) is 1.56. The minimum Gasteiger partial charge on any atom is -0.292 e. The molecule has 0 spiro atoms. The van der Waals surface area contributed by atoms with Crippen molar-refractivity contribution in [2.45, 2.75) is 12.3 Å². The van der Waals surface area contributed by atoms with Crippen molar-refractivity contribution in [3.63, 3.8) is 0 Å². The van der Waals surface area contributed by atoms with Gasteiger partial charge in [-0.25, -0.2) is 0 Å². The van der Waals surface area contributed by atoms with E-state index in [2.05, 4.69) is 10.0 Å². The smallest absolute Gasteiger partial charge is 0.222 e. The monoisotopic (exact) mass is 193 g/mol. The molecule has 66 valence electrons. The summed E-state index contributed by atoms with van der Waals surface area (Å²) < 4.78 is 0. The SMILES string of the molecule is [N-]=[N+]=NC(=O)C1CC1c1ccsc1. The zero-order chi connectivity index (χ0) is 9.26. The van der Waals surface area contributed by atoms with Crippen molar-refractivity contribution in [1.82, 2.24) is 0 Å². The molecule has 0 radical (unpaired) electrons. The number of rotatable bonds is 2. The van der Waals surface area contributed by atoms with Crippen LogP contribution in [0.1, 0.15) is 17.9 Å². The van der Waals surface area contributed by atoms with Gasteiger partial charge in [0, 0.05) is 10.8 Å². The second-order valence-corrected chi connectivity index (χ2v) is 3.81. The Morgan fingerprint density at radius 2 is 2.62 bits per heavy atom. The van der Waals surface area contributed by atoms with Crippen molar-refractivity contribution in [3.8, 4) is 0 Å². The van der Waals surface area contributed by atoms with Gasteiger partial charge in [-0.05, 0) is 45.4 Å². The van der Waals surface area contributed by atoms with Crippen LogP contribution in [-0.2, 0) is 4.79 Å². The molecule has 2 unspecified atom stereocenters. The lowest BCUT2D eigenvalue weighted by atomic mass is 10.2. The van der Waals surface area contributed by atoms with E-state index in [1.54, 1.807) is 11.3 Å². The highest BCUT2D eigenvalue weighted by Gasteiger charge is 2.43. The fraction of sp³-hybridized carbons (Fsp3) is 0.375. The molecule has 0 saturated heterocycles. The van der Waals surface area contributed by atoms with Crippen molar-refractivity contribution in [2.75, 3.05) is 0 Å². The van der Waals surface area contributed by atoms with Gasteiger partial charge in [0.2, 0.25) is 5.91 Å². The maximum Gasteiger partial charge on any atom is 0.222 e. The maximum absolute atomic E-state index is 11.1. The summed E-state index contributed by atoms with van der Waals surface area (Å²) in [6.45, 7) is 0. The second-order valence-electron chi connectivity index (χ2n) is 3.03. The first-order valence-corrected chi connectivity index (χ1v) is 4.88. The van der Waals surface area contributed by atoms with E-state index < -0.39 is 0 Å². The molecule has 13 heavy (non-hydrogen) atoms. The minimum atomic E-state index is -0.321. The number of amides is 1. The van der Waals surface area contributed by atoms with E-state index >= 15 is 0 Å². The Hall–Kier alpha value is -1.32. The summed E-state index contributed by atoms with van der Waals surface area (Å²) in [7, 11) is 0. The number of nitrogens with zero attached hydrogens (tertiary/aromatic N) is 3. The molecule has 0 bridgehead atoms. The van der Waals surface area contributed by atoms with Crippen molar-refractivity contribution < 1.29 is 4.79 Å². The highest BCUT2D eigenvalue weighted by molar-refractivity contribution is 7.08. The highest BCUT2D eigenvalue weighted by atomic mass is 32.1. The van der Waals surface area contributed by atoms with Crippen LogP contribution in [-0.4, -0.2) is 5.91 Å². The molecule has 0 aromatic carbocycles. The maximum atomic E-state index is 11.1. The molecular formula is C8H7N3OS. The highest BCUT2D eigenvalue weighted by Crippen LogP contribution is 2.48. The van der Waals surface area contributed by atoms with Gasteiger partial charge < -0.3 is 0 Å². The lowest BCUT2D eigenvalue weighted by molar-refractivity contribution is -0.119. The van der Waals surface area contributed by atoms with Gasteiger partial charge in [-0.1, -0.05) is 0 Å². The number of thiophene rings is 1. The van der Waals surface area contributed by atoms with Gasteiger partial charge in [-0.15, -0.1) is 0 Å². The summed E-state index contributed by atoms with van der Waals surface area (Å²) in [6, 6.07) is 2.01. The van der Waals surface area contributed by atoms with E-state index in [-0.39, 0.29) is 11.8 Å². The average molecular weight is 193 g/mol. The Morgan fingerprint density at radius 1 is 1.77 bits per heavy atom. The third-order valence-electron chi connectivity index (χ3n) is 2.22. The fourth-order valence-corrected chi connectivity index (χ4v) is 2.17. The zero-order valence-electron chi connectivity index (χ0n) is 6.75. The van der Waals surface area contributed by atoms with Crippen molar-refractivity contribution in [1.29, 1.82) is 0 Å². The molecule has 5 heteroatoms. The Bertz CT molecular complexity index is 367. The summed E-state index contributed by atoms with van der Waals surface area (Å²) in [5.74, 6) is -0.0894. The molecule has 2 rings (SSSR count). The first kappa shape index (κ1) is 8.29. The van der Waals surface area contributed by atoms with E-state index in [1.807, 2.05) is 16.8 Å². The fourth-order valence-electron chi connectivity index (χ4n) is 1.44. The molecule has 1 aromatic rings. The van der Waals surface area contributed by atoms with Gasteiger partial charge in [-0.3, -0.25) is 4.79 Å². The van der Waals surface area contributed by atoms with E-state index in [1.165, 1.54) is 5.56 Å². The summed E-state index contributed by atoms with van der Waals surface area (Å²) >= 11 is 1.62. The lowest BCUT2D eigenvalue weighted by Crippen LogP contribution is -1.95. The molecule has 1 heterocycles. The molecule has 2 atom stereocenters. The molecule has 0 aliphatic heterocycles. The summed E-state index contributed by atoms with van der Waals surface area (Å²) in [5.41, 5.74) is 9.26. The molecule has 1 aromatic heterocycles. The lowest BCUT2D eigenvalue weighted by Gasteiger charge is -1.90. The Morgan fingerprint density at radius 3 is 3.23 bits per heavy atom. The van der Waals surface area contributed by atoms with Crippen LogP contribution in [0.5, 0.6) is 0 Å². The largest absolute Gasteiger partial charge is 0.292 e. The van der Waals surface area contributed by atoms with Crippen LogP contribution in [0.4, 0.5) is 0 Å². The topological polar surface area (TPSA) is 65.8 Å². The summed E-state index contributed by atoms with van der Waals surface area (Å²) in [4.78, 5) is 13.6. The standard InChI is InChI=1S/C8H7N3OS/c9-11-10-8(12)7-3-6(7)5-1-2-13-4-5/h1-2,4,6-7H,3H2. The van der Waals surface area contributed by atoms with Crippen LogP contribution < -0.4 is 0 Å². The minimum absolute atomic E-state index is 0.0644. The Labute approximate surface area is 78.8 Å². The molecular weight excluding hydrogens is 186 g/mol. The summed E-state index contributed by atoms with van der Waals surface area (Å²) in [6.07, 6.45) is 0.828. The van der Waals surface area contributed by atoms with Crippen LogP contribution in [0, 0.1) is 5.92 Å². The third-order valence-corrected chi connectivity index (χ3v) is 2.92. The van der Waals surface area contributed by atoms with Gasteiger partial charge in [0.25, 0.3) is 0 Å². The Balaban J connectivity index is 2.04. The van der Waals surface area contributed by atoms with Gasteiger partial charge in [0.1, 0.15) is 0 Å². The predicted molar refractivity (Wildman–Crippen MR) is 49.3 cm³/mol. The first-order valence-electron chi connectivity index (χ1n) is 3.94. The second kappa shape index (κ2) is 3.20. The number of carbonyl (C=O) groups is 1. The van der Waals surface area contributed by atoms with Gasteiger partial charge in [-0.2, -0.15) is 11.3 Å². The number of hydrogen-bond acceptors (Lipinski definition) is 2. The van der Waals surface area contributed by atoms with E-state index in [4.69, 9.17) is 5.53 Å².